The molecule has 0 heteroatoms. The molecular weight excluding hydrogens is 516 g/mol. The lowest BCUT2D eigenvalue weighted by atomic mass is 9.96. The van der Waals surface area contributed by atoms with Crippen molar-refractivity contribution in [3.63, 3.8) is 0 Å². The van der Waals surface area contributed by atoms with Gasteiger partial charge in [-0.15, -0.1) is 0 Å². The maximum atomic E-state index is 2.55. The van der Waals surface area contributed by atoms with Crippen LogP contribution in [0.15, 0.2) is 18.2 Å². The second-order valence-corrected chi connectivity index (χ2v) is 14.4. The Hall–Kier alpha value is -0.780. The summed E-state index contributed by atoms with van der Waals surface area (Å²) in [5.41, 5.74) is 4.72. The van der Waals surface area contributed by atoms with Crippen molar-refractivity contribution < 1.29 is 0 Å². The van der Waals surface area contributed by atoms with Gasteiger partial charge in [-0.25, -0.2) is 0 Å². The first-order valence-corrected chi connectivity index (χ1v) is 20.4. The fraction of sp³-hybridized carbons (Fsp3) is 0.860. The summed E-state index contributed by atoms with van der Waals surface area (Å²) in [5.74, 6) is 0. The molecule has 0 heterocycles. The standard InChI is InChI=1S/C43H80/c1-4-6-8-10-12-14-16-18-20-22-24-26-28-30-32-34-36-42-39-38-41(3)43(40-42)37-35-33-31-29-27-25-23-21-19-17-15-13-11-9-7-5-2/h38-40H,4-37H2,1-3H3. The third-order valence-electron chi connectivity index (χ3n) is 10.0. The Balaban J connectivity index is 1.91. The Kier molecular flexibility index (Phi) is 30.5. The molecule has 43 heavy (non-hydrogen) atoms. The minimum Gasteiger partial charge on any atom is -0.0654 e. The lowest BCUT2D eigenvalue weighted by Crippen LogP contribution is -1.94. The SMILES string of the molecule is CCCCCCCCCCCCCCCCCCc1ccc(C)c(CCCCCCCCCCCCCCCCCC)c1. The molecule has 0 bridgehead atoms. The van der Waals surface area contributed by atoms with E-state index in [9.17, 15) is 0 Å². The van der Waals surface area contributed by atoms with Crippen LogP contribution in [-0.2, 0) is 12.8 Å². The van der Waals surface area contributed by atoms with Crippen molar-refractivity contribution in [2.75, 3.05) is 0 Å². The second kappa shape index (κ2) is 32.6. The zero-order valence-electron chi connectivity index (χ0n) is 30.3. The van der Waals surface area contributed by atoms with Crippen LogP contribution in [0.3, 0.4) is 0 Å². The summed E-state index contributed by atoms with van der Waals surface area (Å²) in [5, 5.41) is 0. The summed E-state index contributed by atoms with van der Waals surface area (Å²) >= 11 is 0. The third-order valence-corrected chi connectivity index (χ3v) is 10.0. The quantitative estimate of drug-likeness (QED) is 0.0694. The van der Waals surface area contributed by atoms with Crippen molar-refractivity contribution in [2.45, 2.75) is 239 Å². The van der Waals surface area contributed by atoms with E-state index in [-0.39, 0.29) is 0 Å². The smallest absolute Gasteiger partial charge is 0.0276 e. The average molecular weight is 597 g/mol. The zero-order chi connectivity index (χ0) is 30.9. The Bertz CT molecular complexity index is 673. The molecule has 0 aliphatic rings. The van der Waals surface area contributed by atoms with Crippen molar-refractivity contribution in [3.05, 3.63) is 34.9 Å². The fourth-order valence-electron chi connectivity index (χ4n) is 6.89. The minimum atomic E-state index is 1.28. The molecule has 1 rings (SSSR count). The highest BCUT2D eigenvalue weighted by Gasteiger charge is 2.03. The van der Waals surface area contributed by atoms with Crippen LogP contribution < -0.4 is 0 Å². The molecule has 0 saturated heterocycles. The highest BCUT2D eigenvalue weighted by Crippen LogP contribution is 2.19. The van der Waals surface area contributed by atoms with E-state index in [1.54, 1.807) is 11.1 Å². The summed E-state index contributed by atoms with van der Waals surface area (Å²) in [4.78, 5) is 0. The maximum Gasteiger partial charge on any atom is -0.0276 e. The predicted octanol–water partition coefficient (Wildman–Crippen LogP) is 15.6. The molecular formula is C43H80. The lowest BCUT2D eigenvalue weighted by Gasteiger charge is -2.10. The van der Waals surface area contributed by atoms with Crippen molar-refractivity contribution in [1.82, 2.24) is 0 Å². The summed E-state index contributed by atoms with van der Waals surface area (Å²) in [7, 11) is 0. The van der Waals surface area contributed by atoms with Crippen LogP contribution in [0.25, 0.3) is 0 Å². The van der Waals surface area contributed by atoms with Crippen LogP contribution in [0.2, 0.25) is 0 Å². The van der Waals surface area contributed by atoms with Gasteiger partial charge in [0.15, 0.2) is 0 Å². The van der Waals surface area contributed by atoms with E-state index < -0.39 is 0 Å². The molecule has 1 aromatic carbocycles. The van der Waals surface area contributed by atoms with Crippen molar-refractivity contribution in [3.8, 4) is 0 Å². The van der Waals surface area contributed by atoms with Crippen LogP contribution in [0.1, 0.15) is 236 Å². The summed E-state index contributed by atoms with van der Waals surface area (Å²) in [6.45, 7) is 6.94. The number of unbranched alkanes of at least 4 members (excludes halogenated alkanes) is 30. The lowest BCUT2D eigenvalue weighted by molar-refractivity contribution is 0.529. The molecule has 0 spiro atoms. The first-order chi connectivity index (χ1) is 21.3. The number of aryl methyl sites for hydroxylation is 3. The first kappa shape index (κ1) is 40.2. The van der Waals surface area contributed by atoms with E-state index >= 15 is 0 Å². The van der Waals surface area contributed by atoms with Crippen LogP contribution in [0.5, 0.6) is 0 Å². The zero-order valence-corrected chi connectivity index (χ0v) is 30.3. The molecule has 0 amide bonds. The normalized spacial score (nSPS) is 11.5. The molecule has 0 N–H and O–H groups in total. The van der Waals surface area contributed by atoms with Gasteiger partial charge in [0.1, 0.15) is 0 Å². The summed E-state index contributed by atoms with van der Waals surface area (Å²) < 4.78 is 0. The minimum absolute atomic E-state index is 1.28. The van der Waals surface area contributed by atoms with Gasteiger partial charge >= 0.3 is 0 Å². The van der Waals surface area contributed by atoms with Gasteiger partial charge in [0.05, 0.1) is 0 Å². The molecule has 0 aliphatic heterocycles. The monoisotopic (exact) mass is 597 g/mol. The molecule has 252 valence electrons. The number of benzene rings is 1. The van der Waals surface area contributed by atoms with E-state index in [0.29, 0.717) is 0 Å². The third kappa shape index (κ3) is 27.3. The van der Waals surface area contributed by atoms with E-state index in [4.69, 9.17) is 0 Å². The van der Waals surface area contributed by atoms with Crippen molar-refractivity contribution in [2.24, 2.45) is 0 Å². The topological polar surface area (TPSA) is 0 Å². The molecule has 0 aromatic heterocycles. The Morgan fingerprint density at radius 1 is 0.326 bits per heavy atom. The summed E-state index contributed by atoms with van der Waals surface area (Å²) in [6.07, 6.45) is 49.0. The van der Waals surface area contributed by atoms with Gasteiger partial charge in [0, 0.05) is 0 Å². The molecule has 0 aliphatic carbocycles. The molecule has 1 aromatic rings. The van der Waals surface area contributed by atoms with Gasteiger partial charge in [0.25, 0.3) is 0 Å². The first-order valence-electron chi connectivity index (χ1n) is 20.4. The number of rotatable bonds is 34. The molecule has 0 nitrogen and oxygen atoms in total. The van der Waals surface area contributed by atoms with E-state index in [0.717, 1.165) is 0 Å². The number of hydrogen-bond donors (Lipinski definition) is 0. The molecule has 0 fully saturated rings. The largest absolute Gasteiger partial charge is 0.0654 e. The molecule has 0 unspecified atom stereocenters. The van der Waals surface area contributed by atoms with E-state index in [1.165, 1.54) is 224 Å². The Morgan fingerprint density at radius 2 is 0.605 bits per heavy atom. The van der Waals surface area contributed by atoms with E-state index in [2.05, 4.69) is 39.0 Å². The van der Waals surface area contributed by atoms with Crippen LogP contribution in [0.4, 0.5) is 0 Å². The Morgan fingerprint density at radius 3 is 0.930 bits per heavy atom. The van der Waals surface area contributed by atoms with Gasteiger partial charge in [-0.1, -0.05) is 225 Å². The predicted molar refractivity (Wildman–Crippen MR) is 198 cm³/mol. The average Bonchev–Trinajstić information content (AvgIpc) is 3.02. The van der Waals surface area contributed by atoms with Crippen molar-refractivity contribution in [1.29, 1.82) is 0 Å². The van der Waals surface area contributed by atoms with Crippen molar-refractivity contribution >= 4 is 0 Å². The molecule has 0 atom stereocenters. The van der Waals surface area contributed by atoms with Crippen LogP contribution in [-0.4, -0.2) is 0 Å². The number of hydrogen-bond acceptors (Lipinski definition) is 0. The van der Waals surface area contributed by atoms with Crippen LogP contribution in [0, 0.1) is 6.92 Å². The second-order valence-electron chi connectivity index (χ2n) is 14.4. The molecule has 0 radical (unpaired) electrons. The van der Waals surface area contributed by atoms with Gasteiger partial charge in [-0.05, 0) is 49.3 Å². The van der Waals surface area contributed by atoms with Gasteiger partial charge in [-0.3, -0.25) is 0 Å². The maximum absolute atomic E-state index is 2.55. The van der Waals surface area contributed by atoms with Gasteiger partial charge < -0.3 is 0 Å². The van der Waals surface area contributed by atoms with Crippen LogP contribution >= 0.6 is 0 Å². The highest BCUT2D eigenvalue weighted by atomic mass is 14.1. The Labute approximate surface area is 273 Å². The highest BCUT2D eigenvalue weighted by molar-refractivity contribution is 5.31. The van der Waals surface area contributed by atoms with Gasteiger partial charge in [0.2, 0.25) is 0 Å². The van der Waals surface area contributed by atoms with Gasteiger partial charge in [-0.2, -0.15) is 0 Å². The fourth-order valence-corrected chi connectivity index (χ4v) is 6.89. The molecule has 0 saturated carbocycles. The summed E-state index contributed by atoms with van der Waals surface area (Å²) in [6, 6.07) is 7.34. The van der Waals surface area contributed by atoms with E-state index in [1.807, 2.05) is 0 Å².